The van der Waals surface area contributed by atoms with Gasteiger partial charge in [-0.25, -0.2) is 0 Å². The third kappa shape index (κ3) is 5.39. The molecule has 0 radical (unpaired) electrons. The number of nitrogens with zero attached hydrogens (tertiary/aromatic N) is 4. The van der Waals surface area contributed by atoms with Crippen LogP contribution in [0.3, 0.4) is 0 Å². The maximum absolute atomic E-state index is 5.97. The molecule has 0 bridgehead atoms. The number of benzene rings is 1. The van der Waals surface area contributed by atoms with Gasteiger partial charge in [-0.05, 0) is 74.3 Å². The molecule has 0 amide bonds. The number of anilines is 3. The van der Waals surface area contributed by atoms with Gasteiger partial charge in [0.15, 0.2) is 5.11 Å². The Morgan fingerprint density at radius 3 is 2.12 bits per heavy atom. The molecule has 0 unspecified atom stereocenters. The molecule has 7 nitrogen and oxygen atoms in total. The molecular formula is C24H27ClN6OS. The number of rotatable bonds is 6. The van der Waals surface area contributed by atoms with E-state index in [-0.39, 0.29) is 0 Å². The van der Waals surface area contributed by atoms with E-state index >= 15 is 0 Å². The average molecular weight is 483 g/mol. The van der Waals surface area contributed by atoms with Crippen molar-refractivity contribution in [2.75, 3.05) is 41.3 Å². The highest BCUT2D eigenvalue weighted by atomic mass is 35.5. The van der Waals surface area contributed by atoms with Crippen molar-refractivity contribution in [3.8, 4) is 11.3 Å². The molecule has 0 aliphatic carbocycles. The Hall–Kier alpha value is -2.84. The van der Waals surface area contributed by atoms with Crippen LogP contribution in [0.2, 0.25) is 5.02 Å². The summed E-state index contributed by atoms with van der Waals surface area (Å²) in [5.74, 6) is 4.04. The molecule has 2 saturated heterocycles. The second kappa shape index (κ2) is 9.97. The molecule has 1 aromatic carbocycles. The highest BCUT2D eigenvalue weighted by molar-refractivity contribution is 7.80. The number of furan rings is 1. The lowest BCUT2D eigenvalue weighted by molar-refractivity contribution is 0.516. The molecular weight excluding hydrogens is 456 g/mol. The Kier molecular flexibility index (Phi) is 6.64. The third-order valence-corrected chi connectivity index (χ3v) is 6.50. The van der Waals surface area contributed by atoms with Gasteiger partial charge in [0, 0.05) is 42.8 Å². The molecule has 2 fully saturated rings. The first-order chi connectivity index (χ1) is 16.1. The maximum Gasteiger partial charge on any atom is 0.232 e. The van der Waals surface area contributed by atoms with E-state index < -0.39 is 0 Å². The van der Waals surface area contributed by atoms with Crippen LogP contribution in [0, 0.1) is 0 Å². The maximum atomic E-state index is 5.97. The zero-order valence-electron chi connectivity index (χ0n) is 18.4. The summed E-state index contributed by atoms with van der Waals surface area (Å²) in [6.07, 6.45) is 4.81. The van der Waals surface area contributed by atoms with Crippen molar-refractivity contribution < 1.29 is 4.42 Å². The fraction of sp³-hybridized carbons (Fsp3) is 0.375. The van der Waals surface area contributed by atoms with Gasteiger partial charge >= 0.3 is 0 Å². The lowest BCUT2D eigenvalue weighted by atomic mass is 10.2. The first-order valence-corrected chi connectivity index (χ1v) is 12.2. The first kappa shape index (κ1) is 22.0. The fourth-order valence-electron chi connectivity index (χ4n) is 4.25. The van der Waals surface area contributed by atoms with E-state index in [1.165, 1.54) is 25.7 Å². The van der Waals surface area contributed by atoms with Gasteiger partial charge in [-0.3, -0.25) is 0 Å². The number of nitrogens with one attached hydrogen (secondary N) is 2. The van der Waals surface area contributed by atoms with Crippen molar-refractivity contribution in [1.29, 1.82) is 0 Å². The summed E-state index contributed by atoms with van der Waals surface area (Å²) in [5, 5.41) is 7.54. The number of hydrogen-bond donors (Lipinski definition) is 2. The standard InChI is InChI=1S/C24H27ClN6OS/c25-18-7-5-17(6-8-18)20-10-9-19(32-20)16-26-24(33)29-23-27-21(30-11-1-2-12-30)15-22(28-23)31-13-3-4-14-31/h5-10,15H,1-4,11-14,16H2,(H2,26,27,28,29,33). The Morgan fingerprint density at radius 2 is 1.52 bits per heavy atom. The molecule has 2 aromatic heterocycles. The highest BCUT2D eigenvalue weighted by Crippen LogP contribution is 2.27. The van der Waals surface area contributed by atoms with E-state index in [1.54, 1.807) is 0 Å². The van der Waals surface area contributed by atoms with Crippen LogP contribution in [0.1, 0.15) is 31.4 Å². The van der Waals surface area contributed by atoms with Crippen molar-refractivity contribution >= 4 is 46.5 Å². The van der Waals surface area contributed by atoms with Crippen molar-refractivity contribution in [1.82, 2.24) is 15.3 Å². The van der Waals surface area contributed by atoms with Crippen LogP contribution in [-0.2, 0) is 6.54 Å². The molecule has 0 atom stereocenters. The van der Waals surface area contributed by atoms with Crippen LogP contribution < -0.4 is 20.4 Å². The molecule has 0 spiro atoms. The van der Waals surface area contributed by atoms with E-state index in [2.05, 4.69) is 26.5 Å². The molecule has 0 saturated carbocycles. The molecule has 2 N–H and O–H groups in total. The minimum atomic E-state index is 0.463. The van der Waals surface area contributed by atoms with Gasteiger partial charge in [-0.2, -0.15) is 9.97 Å². The minimum Gasteiger partial charge on any atom is -0.459 e. The Morgan fingerprint density at radius 1 is 0.909 bits per heavy atom. The van der Waals surface area contributed by atoms with Gasteiger partial charge in [-0.15, -0.1) is 0 Å². The number of aromatic nitrogens is 2. The summed E-state index contributed by atoms with van der Waals surface area (Å²) in [5.41, 5.74) is 0.980. The minimum absolute atomic E-state index is 0.463. The molecule has 172 valence electrons. The monoisotopic (exact) mass is 482 g/mol. The van der Waals surface area contributed by atoms with E-state index in [0.29, 0.717) is 22.6 Å². The lowest BCUT2D eigenvalue weighted by Gasteiger charge is -2.22. The molecule has 2 aliphatic heterocycles. The molecule has 3 aromatic rings. The molecule has 9 heteroatoms. The number of thiocarbonyl (C=S) groups is 1. The van der Waals surface area contributed by atoms with Crippen molar-refractivity contribution in [2.45, 2.75) is 32.2 Å². The second-order valence-electron chi connectivity index (χ2n) is 8.38. The van der Waals surface area contributed by atoms with Crippen molar-refractivity contribution in [3.63, 3.8) is 0 Å². The summed E-state index contributed by atoms with van der Waals surface area (Å²) in [7, 11) is 0. The smallest absolute Gasteiger partial charge is 0.232 e. The van der Waals surface area contributed by atoms with E-state index in [4.69, 9.17) is 38.2 Å². The van der Waals surface area contributed by atoms with Crippen LogP contribution >= 0.6 is 23.8 Å². The van der Waals surface area contributed by atoms with E-state index in [1.807, 2.05) is 36.4 Å². The zero-order valence-corrected chi connectivity index (χ0v) is 20.0. The Labute approximate surface area is 204 Å². The summed E-state index contributed by atoms with van der Waals surface area (Å²) in [6, 6.07) is 13.6. The van der Waals surface area contributed by atoms with Crippen LogP contribution in [0.4, 0.5) is 17.6 Å². The van der Waals surface area contributed by atoms with Crippen molar-refractivity contribution in [3.05, 3.63) is 53.2 Å². The highest BCUT2D eigenvalue weighted by Gasteiger charge is 2.20. The van der Waals surface area contributed by atoms with Crippen molar-refractivity contribution in [2.24, 2.45) is 0 Å². The largest absolute Gasteiger partial charge is 0.459 e. The van der Waals surface area contributed by atoms with Gasteiger partial charge in [0.05, 0.1) is 6.54 Å². The van der Waals surface area contributed by atoms with Gasteiger partial charge < -0.3 is 24.9 Å². The summed E-state index contributed by atoms with van der Waals surface area (Å²) < 4.78 is 5.95. The quantitative estimate of drug-likeness (QED) is 0.471. The topological polar surface area (TPSA) is 69.5 Å². The van der Waals surface area contributed by atoms with Gasteiger partial charge in [0.1, 0.15) is 23.2 Å². The third-order valence-electron chi connectivity index (χ3n) is 6.00. The summed E-state index contributed by atoms with van der Waals surface area (Å²) >= 11 is 11.5. The van der Waals surface area contributed by atoms with Crippen LogP contribution in [-0.4, -0.2) is 41.3 Å². The summed E-state index contributed by atoms with van der Waals surface area (Å²) in [4.78, 5) is 14.1. The van der Waals surface area contributed by atoms with Gasteiger partial charge in [-0.1, -0.05) is 11.6 Å². The molecule has 5 rings (SSSR count). The second-order valence-corrected chi connectivity index (χ2v) is 9.22. The van der Waals surface area contributed by atoms with Gasteiger partial charge in [0.25, 0.3) is 0 Å². The predicted molar refractivity (Wildman–Crippen MR) is 137 cm³/mol. The lowest BCUT2D eigenvalue weighted by Crippen LogP contribution is -2.30. The van der Waals surface area contributed by atoms with Crippen LogP contribution in [0.25, 0.3) is 11.3 Å². The average Bonchev–Trinajstić information content (AvgIpc) is 3.61. The SMILES string of the molecule is S=C(NCc1ccc(-c2ccc(Cl)cc2)o1)Nc1nc(N2CCCC2)cc(N2CCCC2)n1. The van der Waals surface area contributed by atoms with Crippen LogP contribution in [0.5, 0.6) is 0 Å². The fourth-order valence-corrected chi connectivity index (χ4v) is 4.54. The van der Waals surface area contributed by atoms with E-state index in [0.717, 1.165) is 54.9 Å². The summed E-state index contributed by atoms with van der Waals surface area (Å²) in [6.45, 7) is 4.60. The van der Waals surface area contributed by atoms with Gasteiger partial charge in [0.2, 0.25) is 5.95 Å². The zero-order chi connectivity index (χ0) is 22.6. The molecule has 2 aliphatic rings. The number of hydrogen-bond acceptors (Lipinski definition) is 6. The number of halogens is 1. The molecule has 33 heavy (non-hydrogen) atoms. The molecule has 4 heterocycles. The normalized spacial score (nSPS) is 15.8. The first-order valence-electron chi connectivity index (χ1n) is 11.4. The Bertz CT molecular complexity index is 1070. The van der Waals surface area contributed by atoms with E-state index in [9.17, 15) is 0 Å². The Balaban J connectivity index is 1.24. The predicted octanol–water partition coefficient (Wildman–Crippen LogP) is 5.08. The van der Waals surface area contributed by atoms with Crippen LogP contribution in [0.15, 0.2) is 46.9 Å².